The van der Waals surface area contributed by atoms with E-state index in [0.29, 0.717) is 22.6 Å². The summed E-state index contributed by atoms with van der Waals surface area (Å²) in [7, 11) is -1.86. The molecule has 1 aromatic carbocycles. The van der Waals surface area contributed by atoms with E-state index in [0.717, 1.165) is 12.0 Å². The van der Waals surface area contributed by atoms with Crippen LogP contribution in [0.15, 0.2) is 46.0 Å². The minimum atomic E-state index is -4.19. The number of anilines is 1. The standard InChI is InChI=1S/C19H17NO6S3/c1-11-15(17(21)25-2)19(28-16(11)18(22)26-3)29(23,24)20-13-8-5-4-7-12(13)14-9-6-10-27-14/h4-10,20H,1-3H3. The number of carbonyl (C=O) groups excluding carboxylic acids is 2. The molecule has 0 atom stereocenters. The monoisotopic (exact) mass is 451 g/mol. The summed E-state index contributed by atoms with van der Waals surface area (Å²) in [5.41, 5.74) is 1.07. The molecule has 0 radical (unpaired) electrons. The first kappa shape index (κ1) is 21.0. The quantitative estimate of drug-likeness (QED) is 0.565. The molecule has 0 amide bonds. The van der Waals surface area contributed by atoms with Crippen molar-refractivity contribution < 1.29 is 27.5 Å². The molecule has 2 heterocycles. The third-order valence-corrected chi connectivity index (χ3v) is 8.14. The number of para-hydroxylation sites is 1. The largest absolute Gasteiger partial charge is 0.465 e. The lowest BCUT2D eigenvalue weighted by atomic mass is 10.1. The van der Waals surface area contributed by atoms with Gasteiger partial charge in [0, 0.05) is 10.4 Å². The Morgan fingerprint density at radius 1 is 1.00 bits per heavy atom. The first-order chi connectivity index (χ1) is 13.8. The summed E-state index contributed by atoms with van der Waals surface area (Å²) in [6.07, 6.45) is 0. The molecule has 0 unspecified atom stereocenters. The molecule has 3 aromatic rings. The molecule has 152 valence electrons. The van der Waals surface area contributed by atoms with Crippen LogP contribution in [0.4, 0.5) is 5.69 Å². The molecule has 0 bridgehead atoms. The number of hydrogen-bond donors (Lipinski definition) is 1. The average molecular weight is 452 g/mol. The van der Waals surface area contributed by atoms with Crippen molar-refractivity contribution >= 4 is 50.3 Å². The Bertz CT molecular complexity index is 1160. The van der Waals surface area contributed by atoms with Gasteiger partial charge in [0.15, 0.2) is 4.21 Å². The predicted octanol–water partition coefficient (Wildman–Crippen LogP) is 4.16. The van der Waals surface area contributed by atoms with E-state index in [1.165, 1.54) is 25.4 Å². The zero-order valence-electron chi connectivity index (χ0n) is 15.7. The maximum atomic E-state index is 13.2. The van der Waals surface area contributed by atoms with E-state index < -0.39 is 22.0 Å². The van der Waals surface area contributed by atoms with Gasteiger partial charge in [-0.1, -0.05) is 24.3 Å². The second-order valence-corrected chi connectivity index (χ2v) is 9.68. The molecular formula is C19H17NO6S3. The smallest absolute Gasteiger partial charge is 0.348 e. The van der Waals surface area contributed by atoms with Gasteiger partial charge in [0.05, 0.1) is 25.5 Å². The van der Waals surface area contributed by atoms with Crippen molar-refractivity contribution in [1.82, 2.24) is 0 Å². The van der Waals surface area contributed by atoms with Crippen LogP contribution in [0.2, 0.25) is 0 Å². The number of rotatable bonds is 6. The molecule has 29 heavy (non-hydrogen) atoms. The summed E-state index contributed by atoms with van der Waals surface area (Å²) in [5, 5.41) is 1.89. The number of carbonyl (C=O) groups is 2. The van der Waals surface area contributed by atoms with Crippen LogP contribution in [0.1, 0.15) is 25.6 Å². The molecule has 0 saturated carbocycles. The van der Waals surface area contributed by atoms with Gasteiger partial charge in [-0.05, 0) is 30.0 Å². The maximum Gasteiger partial charge on any atom is 0.348 e. The fraction of sp³-hybridized carbons (Fsp3) is 0.158. The number of hydrogen-bond acceptors (Lipinski definition) is 8. The van der Waals surface area contributed by atoms with Gasteiger partial charge >= 0.3 is 11.9 Å². The van der Waals surface area contributed by atoms with E-state index in [2.05, 4.69) is 4.72 Å². The first-order valence-electron chi connectivity index (χ1n) is 8.26. The molecule has 0 saturated heterocycles. The Morgan fingerprint density at radius 2 is 1.69 bits per heavy atom. The molecule has 2 aromatic heterocycles. The topological polar surface area (TPSA) is 98.8 Å². The lowest BCUT2D eigenvalue weighted by molar-refractivity contribution is 0.0596. The van der Waals surface area contributed by atoms with Gasteiger partial charge in [-0.2, -0.15) is 0 Å². The van der Waals surface area contributed by atoms with Crippen LogP contribution < -0.4 is 4.72 Å². The van der Waals surface area contributed by atoms with E-state index >= 15 is 0 Å². The highest BCUT2D eigenvalue weighted by atomic mass is 32.2. The second kappa shape index (κ2) is 8.36. The van der Waals surface area contributed by atoms with Crippen molar-refractivity contribution in [3.63, 3.8) is 0 Å². The number of sulfonamides is 1. The van der Waals surface area contributed by atoms with Gasteiger partial charge in [-0.25, -0.2) is 18.0 Å². The van der Waals surface area contributed by atoms with Crippen LogP contribution in [0, 0.1) is 6.92 Å². The summed E-state index contributed by atoms with van der Waals surface area (Å²) >= 11 is 2.14. The number of methoxy groups -OCH3 is 2. The lowest BCUT2D eigenvalue weighted by Gasteiger charge is -2.12. The molecular weight excluding hydrogens is 434 g/mol. The van der Waals surface area contributed by atoms with Gasteiger partial charge < -0.3 is 9.47 Å². The zero-order valence-corrected chi connectivity index (χ0v) is 18.2. The molecule has 0 aliphatic rings. The van der Waals surface area contributed by atoms with Crippen LogP contribution in [0.5, 0.6) is 0 Å². The van der Waals surface area contributed by atoms with Crippen molar-refractivity contribution in [1.29, 1.82) is 0 Å². The van der Waals surface area contributed by atoms with E-state index in [1.54, 1.807) is 24.3 Å². The van der Waals surface area contributed by atoms with Crippen molar-refractivity contribution in [2.45, 2.75) is 11.1 Å². The fourth-order valence-corrected chi connectivity index (χ4v) is 6.30. The SMILES string of the molecule is COC(=O)c1sc(S(=O)(=O)Nc2ccccc2-c2cccs2)c(C(=O)OC)c1C. The fourth-order valence-electron chi connectivity index (χ4n) is 2.71. The van der Waals surface area contributed by atoms with E-state index in [1.807, 2.05) is 17.5 Å². The Balaban J connectivity index is 2.12. The highest BCUT2D eigenvalue weighted by Crippen LogP contribution is 2.37. The van der Waals surface area contributed by atoms with Crippen molar-refractivity contribution in [2.75, 3.05) is 18.9 Å². The Hall–Kier alpha value is -2.69. The molecule has 0 aliphatic heterocycles. The second-order valence-electron chi connectivity index (χ2n) is 5.83. The van der Waals surface area contributed by atoms with Gasteiger partial charge in [-0.3, -0.25) is 4.72 Å². The van der Waals surface area contributed by atoms with Crippen LogP contribution in [-0.4, -0.2) is 34.6 Å². The molecule has 0 spiro atoms. The van der Waals surface area contributed by atoms with Crippen LogP contribution in [0.25, 0.3) is 10.4 Å². The van der Waals surface area contributed by atoms with Crippen molar-refractivity contribution in [2.24, 2.45) is 0 Å². The average Bonchev–Trinajstić information content (AvgIpc) is 3.35. The molecule has 0 fully saturated rings. The summed E-state index contributed by atoms with van der Waals surface area (Å²) in [4.78, 5) is 25.2. The third-order valence-electron chi connectivity index (χ3n) is 4.08. The van der Waals surface area contributed by atoms with Gasteiger partial charge in [0.2, 0.25) is 0 Å². The van der Waals surface area contributed by atoms with Crippen molar-refractivity contribution in [3.05, 3.63) is 57.8 Å². The summed E-state index contributed by atoms with van der Waals surface area (Å²) in [6.45, 7) is 1.48. The number of nitrogens with one attached hydrogen (secondary N) is 1. The van der Waals surface area contributed by atoms with Crippen LogP contribution >= 0.6 is 22.7 Å². The molecule has 10 heteroatoms. The number of thiophene rings is 2. The molecule has 1 N–H and O–H groups in total. The molecule has 0 aliphatic carbocycles. The highest BCUT2D eigenvalue weighted by Gasteiger charge is 2.33. The Kier molecular flexibility index (Phi) is 6.06. The zero-order chi connectivity index (χ0) is 21.2. The normalized spacial score (nSPS) is 11.1. The highest BCUT2D eigenvalue weighted by molar-refractivity contribution is 7.94. The molecule has 7 nitrogen and oxygen atoms in total. The third kappa shape index (κ3) is 4.04. The van der Waals surface area contributed by atoms with Crippen molar-refractivity contribution in [3.8, 4) is 10.4 Å². The van der Waals surface area contributed by atoms with E-state index in [-0.39, 0.29) is 20.2 Å². The number of benzene rings is 1. The van der Waals surface area contributed by atoms with Crippen LogP contribution in [0.3, 0.4) is 0 Å². The lowest BCUT2D eigenvalue weighted by Crippen LogP contribution is -2.16. The summed E-state index contributed by atoms with van der Waals surface area (Å²) in [5.74, 6) is -1.57. The van der Waals surface area contributed by atoms with Gasteiger partial charge in [0.1, 0.15) is 4.88 Å². The van der Waals surface area contributed by atoms with Gasteiger partial charge in [-0.15, -0.1) is 22.7 Å². The predicted molar refractivity (Wildman–Crippen MR) is 112 cm³/mol. The first-order valence-corrected chi connectivity index (χ1v) is 11.4. The van der Waals surface area contributed by atoms with Gasteiger partial charge in [0.25, 0.3) is 10.0 Å². The van der Waals surface area contributed by atoms with E-state index in [4.69, 9.17) is 9.47 Å². The minimum Gasteiger partial charge on any atom is -0.465 e. The van der Waals surface area contributed by atoms with E-state index in [9.17, 15) is 18.0 Å². The number of esters is 2. The Morgan fingerprint density at radius 3 is 2.31 bits per heavy atom. The Labute approximate surface area is 176 Å². The minimum absolute atomic E-state index is 0.0276. The van der Waals surface area contributed by atoms with Crippen LogP contribution in [-0.2, 0) is 19.5 Å². The summed E-state index contributed by atoms with van der Waals surface area (Å²) < 4.78 is 38.0. The maximum absolute atomic E-state index is 13.2. The summed E-state index contributed by atoms with van der Waals surface area (Å²) in [6, 6.07) is 10.7. The molecule has 3 rings (SSSR count). The number of ether oxygens (including phenoxy) is 2.